The summed E-state index contributed by atoms with van der Waals surface area (Å²) in [6.45, 7) is 0. The average molecular weight is 490 g/mol. The molecule has 3 rings (SSSR count). The number of rotatable bonds is 6. The Morgan fingerprint density at radius 1 is 0.971 bits per heavy atom. The highest BCUT2D eigenvalue weighted by Crippen LogP contribution is 2.40. The molecule has 34 heavy (non-hydrogen) atoms. The van der Waals surface area contributed by atoms with Gasteiger partial charge in [0.1, 0.15) is 17.1 Å². The number of hydrogen-bond donors (Lipinski definition) is 1. The van der Waals surface area contributed by atoms with E-state index in [0.29, 0.717) is 12.1 Å². The zero-order valence-electron chi connectivity index (χ0n) is 16.9. The van der Waals surface area contributed by atoms with Gasteiger partial charge in [-0.25, -0.2) is 4.39 Å². The summed E-state index contributed by atoms with van der Waals surface area (Å²) in [7, 11) is 1.07. The zero-order valence-corrected chi connectivity index (χ0v) is 16.9. The minimum Gasteiger partial charge on any atom is -0.493 e. The lowest BCUT2D eigenvalue weighted by Crippen LogP contribution is -2.19. The van der Waals surface area contributed by atoms with Gasteiger partial charge in [0.05, 0.1) is 24.6 Å². The van der Waals surface area contributed by atoms with Crippen LogP contribution in [0.4, 0.5) is 36.4 Å². The molecule has 0 aliphatic rings. The number of aromatic nitrogens is 1. The molecule has 0 bridgehead atoms. The van der Waals surface area contributed by atoms with Gasteiger partial charge >= 0.3 is 12.5 Å². The highest BCUT2D eigenvalue weighted by molar-refractivity contribution is 6.06. The van der Waals surface area contributed by atoms with Gasteiger partial charge < -0.3 is 19.5 Å². The second-order valence-electron chi connectivity index (χ2n) is 6.46. The third-order valence-corrected chi connectivity index (χ3v) is 4.14. The summed E-state index contributed by atoms with van der Waals surface area (Å²) in [4.78, 5) is 16.4. The van der Waals surface area contributed by atoms with Crippen LogP contribution in [0, 0.1) is 5.82 Å². The maximum atomic E-state index is 14.9. The van der Waals surface area contributed by atoms with E-state index in [9.17, 15) is 35.5 Å². The molecule has 1 amide bonds. The number of nitrogens with zero attached hydrogens (tertiary/aromatic N) is 1. The Morgan fingerprint density at radius 2 is 1.68 bits per heavy atom. The van der Waals surface area contributed by atoms with Crippen molar-refractivity contribution in [1.29, 1.82) is 0 Å². The van der Waals surface area contributed by atoms with Gasteiger partial charge in [0.15, 0.2) is 17.3 Å². The van der Waals surface area contributed by atoms with Crippen LogP contribution in [0.1, 0.15) is 15.9 Å². The third kappa shape index (κ3) is 5.85. The van der Waals surface area contributed by atoms with E-state index < -0.39 is 46.9 Å². The van der Waals surface area contributed by atoms with E-state index >= 15 is 0 Å². The van der Waals surface area contributed by atoms with Crippen LogP contribution in [-0.4, -0.2) is 24.4 Å². The maximum Gasteiger partial charge on any atom is 0.573 e. The lowest BCUT2D eigenvalue weighted by molar-refractivity contribution is -0.274. The number of methoxy groups -OCH3 is 1. The number of carbonyl (C=O) groups is 1. The number of alkyl halides is 6. The first kappa shape index (κ1) is 24.6. The Kier molecular flexibility index (Phi) is 6.84. The maximum absolute atomic E-state index is 14.9. The molecule has 2 aromatic carbocycles. The number of ether oxygens (including phenoxy) is 3. The summed E-state index contributed by atoms with van der Waals surface area (Å²) < 4.78 is 106. The number of nitrogens with one attached hydrogen (secondary N) is 1. The SMILES string of the molecule is COc1cc(OC(F)(F)F)ccc1Oc1ccc(C(F)(F)F)c(F)c1C(=O)Nc1cccnc1. The van der Waals surface area contributed by atoms with Crippen LogP contribution in [0.2, 0.25) is 0 Å². The normalized spacial score (nSPS) is 11.6. The molecule has 180 valence electrons. The molecule has 1 N–H and O–H groups in total. The largest absolute Gasteiger partial charge is 0.573 e. The smallest absolute Gasteiger partial charge is 0.493 e. The molecule has 3 aromatic rings. The number of pyridine rings is 1. The van der Waals surface area contributed by atoms with Crippen molar-refractivity contribution in [2.75, 3.05) is 12.4 Å². The molecule has 6 nitrogen and oxygen atoms in total. The van der Waals surface area contributed by atoms with E-state index in [1.54, 1.807) is 0 Å². The van der Waals surface area contributed by atoms with Crippen LogP contribution in [0.3, 0.4) is 0 Å². The molecule has 1 aromatic heterocycles. The van der Waals surface area contributed by atoms with Crippen molar-refractivity contribution in [3.63, 3.8) is 0 Å². The van der Waals surface area contributed by atoms with Crippen molar-refractivity contribution < 1.29 is 49.7 Å². The lowest BCUT2D eigenvalue weighted by atomic mass is 10.1. The molecular formula is C21H13F7N2O4. The molecular weight excluding hydrogens is 477 g/mol. The predicted molar refractivity (Wildman–Crippen MR) is 103 cm³/mol. The summed E-state index contributed by atoms with van der Waals surface area (Å²) in [5, 5.41) is 2.20. The number of carbonyl (C=O) groups excluding carboxylic acids is 1. The Bertz CT molecular complexity index is 1180. The van der Waals surface area contributed by atoms with Crippen molar-refractivity contribution in [2.45, 2.75) is 12.5 Å². The Hall–Kier alpha value is -4.03. The fraction of sp³-hybridized carbons (Fsp3) is 0.143. The number of anilines is 1. The van der Waals surface area contributed by atoms with Crippen molar-refractivity contribution in [3.8, 4) is 23.0 Å². The lowest BCUT2D eigenvalue weighted by Gasteiger charge is -2.17. The Balaban J connectivity index is 2.04. The number of halogens is 7. The van der Waals surface area contributed by atoms with Crippen LogP contribution in [0.25, 0.3) is 0 Å². The molecule has 0 unspecified atom stereocenters. The van der Waals surface area contributed by atoms with E-state index in [0.717, 1.165) is 25.3 Å². The third-order valence-electron chi connectivity index (χ3n) is 4.14. The standard InChI is InChI=1S/C21H13F7N2O4/c1-32-16-9-12(34-21(26,27)28)4-6-14(16)33-15-7-5-13(20(23,24)25)18(22)17(15)19(31)30-11-3-2-8-29-10-11/h2-10H,1H3,(H,30,31). The highest BCUT2D eigenvalue weighted by Gasteiger charge is 2.37. The van der Waals surface area contributed by atoms with Gasteiger partial charge in [-0.1, -0.05) is 0 Å². The molecule has 0 aliphatic carbocycles. The summed E-state index contributed by atoms with van der Waals surface area (Å²) in [5.74, 6) is -5.20. The van der Waals surface area contributed by atoms with Gasteiger partial charge in [-0.3, -0.25) is 9.78 Å². The minimum absolute atomic E-state index is 0.0569. The quantitative estimate of drug-likeness (QED) is 0.418. The Labute approximate surface area is 186 Å². The fourth-order valence-corrected chi connectivity index (χ4v) is 2.75. The van der Waals surface area contributed by atoms with Crippen molar-refractivity contribution >= 4 is 11.6 Å². The van der Waals surface area contributed by atoms with E-state index in [2.05, 4.69) is 15.0 Å². The van der Waals surface area contributed by atoms with Gasteiger partial charge in [-0.15, -0.1) is 13.2 Å². The molecule has 1 heterocycles. The highest BCUT2D eigenvalue weighted by atomic mass is 19.4. The molecule has 0 fully saturated rings. The summed E-state index contributed by atoms with van der Waals surface area (Å²) >= 11 is 0. The summed E-state index contributed by atoms with van der Waals surface area (Å²) in [6.07, 6.45) is -7.58. The predicted octanol–water partition coefficient (Wildman–Crippen LogP) is 6.19. The van der Waals surface area contributed by atoms with Crippen LogP contribution in [-0.2, 0) is 6.18 Å². The van der Waals surface area contributed by atoms with Gasteiger partial charge in [0, 0.05) is 12.3 Å². The molecule has 0 atom stereocenters. The van der Waals surface area contributed by atoms with Gasteiger partial charge in [-0.2, -0.15) is 13.2 Å². The van der Waals surface area contributed by atoms with Crippen molar-refractivity contribution in [2.24, 2.45) is 0 Å². The number of benzene rings is 2. The van der Waals surface area contributed by atoms with Gasteiger partial charge in [-0.05, 0) is 36.4 Å². The molecule has 0 saturated carbocycles. The molecule has 0 saturated heterocycles. The van der Waals surface area contributed by atoms with Gasteiger partial charge in [0.25, 0.3) is 5.91 Å². The van der Waals surface area contributed by atoms with E-state index in [4.69, 9.17) is 9.47 Å². The Morgan fingerprint density at radius 3 is 2.26 bits per heavy atom. The van der Waals surface area contributed by atoms with Crippen molar-refractivity contribution in [3.05, 3.63) is 71.8 Å². The van der Waals surface area contributed by atoms with Crippen LogP contribution >= 0.6 is 0 Å². The number of hydrogen-bond acceptors (Lipinski definition) is 5. The summed E-state index contributed by atoms with van der Waals surface area (Å²) in [5.41, 5.74) is -2.77. The van der Waals surface area contributed by atoms with E-state index in [1.807, 2.05) is 0 Å². The second-order valence-corrected chi connectivity index (χ2v) is 6.46. The van der Waals surface area contributed by atoms with E-state index in [-0.39, 0.29) is 17.2 Å². The topological polar surface area (TPSA) is 69.7 Å². The first-order valence-electron chi connectivity index (χ1n) is 9.12. The van der Waals surface area contributed by atoms with Crippen LogP contribution in [0.5, 0.6) is 23.0 Å². The first-order valence-corrected chi connectivity index (χ1v) is 9.12. The molecule has 0 aliphatic heterocycles. The summed E-state index contributed by atoms with van der Waals surface area (Å²) in [6, 6.07) is 6.41. The monoisotopic (exact) mass is 490 g/mol. The molecule has 0 spiro atoms. The first-order chi connectivity index (χ1) is 15.9. The minimum atomic E-state index is -5.12. The van der Waals surface area contributed by atoms with Crippen LogP contribution < -0.4 is 19.5 Å². The zero-order chi connectivity index (χ0) is 25.1. The molecule has 0 radical (unpaired) electrons. The van der Waals surface area contributed by atoms with E-state index in [1.165, 1.54) is 24.5 Å². The average Bonchev–Trinajstić information content (AvgIpc) is 2.73. The fourth-order valence-electron chi connectivity index (χ4n) is 2.75. The van der Waals surface area contributed by atoms with Crippen molar-refractivity contribution in [1.82, 2.24) is 4.98 Å². The second kappa shape index (κ2) is 9.45. The number of amides is 1. The molecule has 13 heteroatoms. The van der Waals surface area contributed by atoms with Gasteiger partial charge in [0.2, 0.25) is 0 Å². The van der Waals surface area contributed by atoms with Crippen LogP contribution in [0.15, 0.2) is 54.9 Å².